The van der Waals surface area contributed by atoms with Crippen LogP contribution in [-0.2, 0) is 0 Å². The van der Waals surface area contributed by atoms with Gasteiger partial charge in [-0.25, -0.2) is 0 Å². The predicted molar refractivity (Wildman–Crippen MR) is 81.6 cm³/mol. The van der Waals surface area contributed by atoms with Crippen LogP contribution in [-0.4, -0.2) is 18.3 Å². The molecule has 0 amide bonds. The largest absolute Gasteiger partial charge is 0.497 e. The van der Waals surface area contributed by atoms with E-state index in [1.165, 1.54) is 6.21 Å². The van der Waals surface area contributed by atoms with Gasteiger partial charge in [0.15, 0.2) is 0 Å². The molecule has 0 fully saturated rings. The Kier molecular flexibility index (Phi) is 3.17. The van der Waals surface area contributed by atoms with E-state index in [-0.39, 0.29) is 0 Å². The average Bonchev–Trinajstić information content (AvgIpc) is 2.54. The standard InChI is InChI=1S/C17H14N2O/c1-20-13-7-8-17-14(9-13)15(10-18)16(11-19-17)12-5-3-2-4-6-12/h2-11,18H,1H3. The van der Waals surface area contributed by atoms with Gasteiger partial charge in [0.05, 0.1) is 12.6 Å². The predicted octanol–water partition coefficient (Wildman–Crippen LogP) is 3.91. The van der Waals surface area contributed by atoms with E-state index in [4.69, 9.17) is 10.1 Å². The van der Waals surface area contributed by atoms with Crippen molar-refractivity contribution in [3.8, 4) is 16.9 Å². The zero-order chi connectivity index (χ0) is 13.9. The lowest BCUT2D eigenvalue weighted by Gasteiger charge is -2.10. The summed E-state index contributed by atoms with van der Waals surface area (Å²) in [5.41, 5.74) is 3.74. The third kappa shape index (κ3) is 2.03. The van der Waals surface area contributed by atoms with Gasteiger partial charge in [-0.15, -0.1) is 0 Å². The number of benzene rings is 2. The summed E-state index contributed by atoms with van der Waals surface area (Å²) in [6.07, 6.45) is 3.20. The molecule has 0 aliphatic rings. The van der Waals surface area contributed by atoms with Crippen LogP contribution in [0.2, 0.25) is 0 Å². The molecule has 0 bridgehead atoms. The molecule has 0 saturated carbocycles. The quantitative estimate of drug-likeness (QED) is 0.727. The molecule has 3 nitrogen and oxygen atoms in total. The van der Waals surface area contributed by atoms with Crippen LogP contribution in [0.15, 0.2) is 54.7 Å². The molecule has 0 spiro atoms. The maximum Gasteiger partial charge on any atom is 0.119 e. The lowest BCUT2D eigenvalue weighted by molar-refractivity contribution is 0.415. The molecular formula is C17H14N2O. The molecule has 0 aliphatic heterocycles. The van der Waals surface area contributed by atoms with Gasteiger partial charge in [-0.2, -0.15) is 0 Å². The second-order valence-electron chi connectivity index (χ2n) is 4.48. The smallest absolute Gasteiger partial charge is 0.119 e. The molecule has 0 unspecified atom stereocenters. The highest BCUT2D eigenvalue weighted by Crippen LogP contribution is 2.29. The molecular weight excluding hydrogens is 248 g/mol. The van der Waals surface area contributed by atoms with Gasteiger partial charge in [0, 0.05) is 28.9 Å². The Bertz CT molecular complexity index is 767. The van der Waals surface area contributed by atoms with Crippen molar-refractivity contribution >= 4 is 17.1 Å². The Hall–Kier alpha value is -2.68. The first kappa shape index (κ1) is 12.4. The first-order valence-electron chi connectivity index (χ1n) is 6.36. The summed E-state index contributed by atoms with van der Waals surface area (Å²) in [6, 6.07) is 15.7. The highest BCUT2D eigenvalue weighted by molar-refractivity contribution is 6.04. The molecule has 0 radical (unpaired) electrons. The van der Waals surface area contributed by atoms with E-state index in [2.05, 4.69) is 4.98 Å². The van der Waals surface area contributed by atoms with E-state index in [0.717, 1.165) is 33.3 Å². The Morgan fingerprint density at radius 2 is 1.90 bits per heavy atom. The summed E-state index contributed by atoms with van der Waals surface area (Å²) in [6.45, 7) is 0. The third-order valence-electron chi connectivity index (χ3n) is 3.35. The van der Waals surface area contributed by atoms with E-state index in [1.807, 2.05) is 54.7 Å². The van der Waals surface area contributed by atoms with Crippen LogP contribution in [0.4, 0.5) is 0 Å². The number of rotatable bonds is 3. The molecule has 1 N–H and O–H groups in total. The van der Waals surface area contributed by atoms with Gasteiger partial charge in [0.2, 0.25) is 0 Å². The molecule has 98 valence electrons. The number of hydrogen-bond acceptors (Lipinski definition) is 3. The average molecular weight is 262 g/mol. The summed E-state index contributed by atoms with van der Waals surface area (Å²) >= 11 is 0. The molecule has 3 rings (SSSR count). The Labute approximate surface area is 117 Å². The van der Waals surface area contributed by atoms with Gasteiger partial charge in [-0.05, 0) is 23.8 Å². The van der Waals surface area contributed by atoms with Crippen molar-refractivity contribution in [1.29, 1.82) is 5.41 Å². The first-order chi connectivity index (χ1) is 9.83. The monoisotopic (exact) mass is 262 g/mol. The van der Waals surface area contributed by atoms with Gasteiger partial charge in [-0.1, -0.05) is 30.3 Å². The van der Waals surface area contributed by atoms with Crippen molar-refractivity contribution in [2.45, 2.75) is 0 Å². The van der Waals surface area contributed by atoms with E-state index < -0.39 is 0 Å². The minimum absolute atomic E-state index is 0.771. The molecule has 0 atom stereocenters. The van der Waals surface area contributed by atoms with Crippen LogP contribution in [0.25, 0.3) is 22.0 Å². The van der Waals surface area contributed by atoms with Crippen molar-refractivity contribution in [3.63, 3.8) is 0 Å². The summed E-state index contributed by atoms with van der Waals surface area (Å²) in [5.74, 6) is 0.771. The summed E-state index contributed by atoms with van der Waals surface area (Å²) in [7, 11) is 1.64. The minimum Gasteiger partial charge on any atom is -0.497 e. The van der Waals surface area contributed by atoms with Crippen molar-refractivity contribution in [1.82, 2.24) is 4.98 Å². The Morgan fingerprint density at radius 3 is 2.60 bits per heavy atom. The molecule has 0 saturated heterocycles. The molecule has 1 heterocycles. The Morgan fingerprint density at radius 1 is 1.10 bits per heavy atom. The maximum atomic E-state index is 7.75. The van der Waals surface area contributed by atoms with E-state index in [9.17, 15) is 0 Å². The van der Waals surface area contributed by atoms with Crippen molar-refractivity contribution in [2.75, 3.05) is 7.11 Å². The van der Waals surface area contributed by atoms with Crippen LogP contribution in [0.3, 0.4) is 0 Å². The van der Waals surface area contributed by atoms with Gasteiger partial charge < -0.3 is 10.1 Å². The van der Waals surface area contributed by atoms with Crippen LogP contribution in [0.1, 0.15) is 5.56 Å². The van der Waals surface area contributed by atoms with Crippen molar-refractivity contribution in [3.05, 3.63) is 60.3 Å². The maximum absolute atomic E-state index is 7.75. The molecule has 1 aromatic heterocycles. The van der Waals surface area contributed by atoms with Gasteiger partial charge >= 0.3 is 0 Å². The minimum atomic E-state index is 0.771. The first-order valence-corrected chi connectivity index (χ1v) is 6.36. The van der Waals surface area contributed by atoms with Gasteiger partial charge in [-0.3, -0.25) is 4.98 Å². The lowest BCUT2D eigenvalue weighted by Crippen LogP contribution is -1.93. The SMILES string of the molecule is COc1ccc2ncc(-c3ccccc3)c(C=N)c2c1. The second-order valence-corrected chi connectivity index (χ2v) is 4.48. The topological polar surface area (TPSA) is 46.0 Å². The highest BCUT2D eigenvalue weighted by atomic mass is 16.5. The number of aromatic nitrogens is 1. The fraction of sp³-hybridized carbons (Fsp3) is 0.0588. The third-order valence-corrected chi connectivity index (χ3v) is 3.35. The number of nitrogens with one attached hydrogen (secondary N) is 1. The highest BCUT2D eigenvalue weighted by Gasteiger charge is 2.09. The number of nitrogens with zero attached hydrogens (tertiary/aromatic N) is 1. The fourth-order valence-corrected chi connectivity index (χ4v) is 2.32. The molecule has 0 aliphatic carbocycles. The van der Waals surface area contributed by atoms with Crippen LogP contribution in [0.5, 0.6) is 5.75 Å². The van der Waals surface area contributed by atoms with Gasteiger partial charge in [0.1, 0.15) is 5.75 Å². The van der Waals surface area contributed by atoms with Crippen LogP contribution >= 0.6 is 0 Å². The summed E-state index contributed by atoms with van der Waals surface area (Å²) in [5, 5.41) is 8.68. The lowest BCUT2D eigenvalue weighted by atomic mass is 9.98. The number of fused-ring (bicyclic) bond motifs is 1. The van der Waals surface area contributed by atoms with Crippen LogP contribution < -0.4 is 4.74 Å². The number of ether oxygens (including phenoxy) is 1. The second kappa shape index (κ2) is 5.13. The molecule has 2 aromatic carbocycles. The molecule has 3 aromatic rings. The molecule has 20 heavy (non-hydrogen) atoms. The van der Waals surface area contributed by atoms with E-state index in [0.29, 0.717) is 0 Å². The van der Waals surface area contributed by atoms with E-state index in [1.54, 1.807) is 7.11 Å². The number of pyridine rings is 1. The number of methoxy groups -OCH3 is 1. The fourth-order valence-electron chi connectivity index (χ4n) is 2.32. The normalized spacial score (nSPS) is 10.4. The van der Waals surface area contributed by atoms with Crippen molar-refractivity contribution < 1.29 is 4.74 Å². The van der Waals surface area contributed by atoms with Crippen molar-refractivity contribution in [2.24, 2.45) is 0 Å². The number of hydrogen-bond donors (Lipinski definition) is 1. The Balaban J connectivity index is 2.31. The molecule has 3 heteroatoms. The zero-order valence-electron chi connectivity index (χ0n) is 11.1. The van der Waals surface area contributed by atoms with Gasteiger partial charge in [0.25, 0.3) is 0 Å². The van der Waals surface area contributed by atoms with Crippen LogP contribution in [0, 0.1) is 5.41 Å². The van der Waals surface area contributed by atoms with E-state index >= 15 is 0 Å². The summed E-state index contributed by atoms with van der Waals surface area (Å²) < 4.78 is 5.26. The summed E-state index contributed by atoms with van der Waals surface area (Å²) in [4.78, 5) is 4.48. The zero-order valence-corrected chi connectivity index (χ0v) is 11.1.